The highest BCUT2D eigenvalue weighted by Gasteiger charge is 2.19. The van der Waals surface area contributed by atoms with E-state index in [0.717, 1.165) is 186 Å². The van der Waals surface area contributed by atoms with Gasteiger partial charge in [-0.3, -0.25) is 14.4 Å². The molecule has 0 aliphatic rings. The molecule has 1 atom stereocenters. The quantitative estimate of drug-likeness (QED) is 0.0261. The van der Waals surface area contributed by atoms with Crippen LogP contribution in [0.5, 0.6) is 0 Å². The minimum atomic E-state index is -0.814. The molecule has 1 unspecified atom stereocenters. The van der Waals surface area contributed by atoms with Crippen molar-refractivity contribution in [1.29, 1.82) is 0 Å². The molecule has 0 saturated heterocycles. The molecular weight excluding hydrogens is 1020 g/mol. The number of carbonyl (C=O) groups is 3. The molecule has 0 radical (unpaired) electrons. The van der Waals surface area contributed by atoms with Gasteiger partial charge in [-0.15, -0.1) is 0 Å². The average molecular weight is 1140 g/mol. The van der Waals surface area contributed by atoms with E-state index in [2.05, 4.69) is 191 Å². The molecule has 0 heterocycles. The zero-order chi connectivity index (χ0) is 59.9. The van der Waals surface area contributed by atoms with Crippen molar-refractivity contribution >= 4 is 17.9 Å². The number of unbranched alkanes of at least 4 members (excludes halogenated alkanes) is 20. The normalized spacial score (nSPS) is 13.2. The van der Waals surface area contributed by atoms with Crippen LogP contribution in [-0.4, -0.2) is 37.2 Å². The van der Waals surface area contributed by atoms with Gasteiger partial charge in [-0.2, -0.15) is 0 Å². The highest BCUT2D eigenvalue weighted by atomic mass is 16.6. The van der Waals surface area contributed by atoms with Crippen molar-refractivity contribution in [1.82, 2.24) is 0 Å². The first-order valence-electron chi connectivity index (χ1n) is 33.6. The lowest BCUT2D eigenvalue weighted by atomic mass is 10.1. The lowest BCUT2D eigenvalue weighted by Gasteiger charge is -2.18. The summed E-state index contributed by atoms with van der Waals surface area (Å²) in [5, 5.41) is 0. The first-order valence-corrected chi connectivity index (χ1v) is 33.6. The van der Waals surface area contributed by atoms with Crippen LogP contribution < -0.4 is 0 Å². The maximum absolute atomic E-state index is 12.9. The SMILES string of the molecule is CC/C=C\C/C=C\C/C=C\C/C=C\C/C=C\C/C=C\C/C=C\C/C=C\CCCCCCC(=O)OCC(COC(=O)CCCCCCC/C=C\CCCCCCCC)OC(=O)CCCCCCC/C=C\C/C=C\C/C=C\C/C=C\C/C=C\CC. The number of ether oxygens (including phenoxy) is 3. The van der Waals surface area contributed by atoms with Gasteiger partial charge >= 0.3 is 17.9 Å². The number of allylic oxidation sites excluding steroid dienone is 28. The van der Waals surface area contributed by atoms with Gasteiger partial charge in [0.15, 0.2) is 6.10 Å². The van der Waals surface area contributed by atoms with Crippen LogP contribution in [0.1, 0.15) is 278 Å². The third kappa shape index (κ3) is 67.4. The van der Waals surface area contributed by atoms with Gasteiger partial charge in [0.1, 0.15) is 13.2 Å². The van der Waals surface area contributed by atoms with Crippen molar-refractivity contribution < 1.29 is 28.6 Å². The van der Waals surface area contributed by atoms with Crippen molar-refractivity contribution in [3.05, 3.63) is 170 Å². The van der Waals surface area contributed by atoms with Crippen LogP contribution in [0.25, 0.3) is 0 Å². The van der Waals surface area contributed by atoms with Crippen molar-refractivity contribution in [3.63, 3.8) is 0 Å². The van der Waals surface area contributed by atoms with Crippen molar-refractivity contribution in [2.75, 3.05) is 13.2 Å². The topological polar surface area (TPSA) is 78.9 Å². The van der Waals surface area contributed by atoms with Crippen LogP contribution in [-0.2, 0) is 28.6 Å². The van der Waals surface area contributed by atoms with Gasteiger partial charge in [-0.1, -0.05) is 274 Å². The molecule has 0 fully saturated rings. The fraction of sp³-hybridized carbons (Fsp3) is 0.597. The van der Waals surface area contributed by atoms with E-state index in [0.29, 0.717) is 19.3 Å². The molecular formula is C77H122O6. The molecule has 0 rings (SSSR count). The molecule has 0 aromatic heterocycles. The largest absolute Gasteiger partial charge is 0.462 e. The second kappa shape index (κ2) is 69.3. The standard InChI is InChI=1S/C77H122O6/c1-4-7-10-13-16-19-22-25-28-30-32-34-35-36-37-38-39-40-41-43-44-46-49-52-55-58-61-64-67-70-76(79)82-73-74(72-81-75(78)69-66-63-60-57-54-51-48-27-24-21-18-15-12-9-6-3)83-77(80)71-68-65-62-59-56-53-50-47-45-42-33-31-29-26-23-20-17-14-11-8-5-2/h7-8,10-11,16-17,19-20,25-29,32-34,36-37,39-40,42-44,47-50,52,74H,4-6,9,12-15,18,21-24,30-31,35,38,41,45-46,51,53-73H2,1-3H3/b10-7-,11-8-,19-16-,20-17-,28-25-,29-26-,34-32-,37-36-,40-39-,42-33-,44-43-,48-27-,50-47-,52-49-. The number of rotatable bonds is 59. The second-order valence-corrected chi connectivity index (χ2v) is 21.6. The molecule has 6 nitrogen and oxygen atoms in total. The fourth-order valence-electron chi connectivity index (χ4n) is 8.71. The lowest BCUT2D eigenvalue weighted by molar-refractivity contribution is -0.167. The Labute approximate surface area is 511 Å². The number of hydrogen-bond acceptors (Lipinski definition) is 6. The molecule has 0 saturated carbocycles. The number of hydrogen-bond donors (Lipinski definition) is 0. The number of esters is 3. The molecule has 0 aliphatic carbocycles. The maximum Gasteiger partial charge on any atom is 0.306 e. The van der Waals surface area contributed by atoms with Gasteiger partial charge in [-0.25, -0.2) is 0 Å². The van der Waals surface area contributed by atoms with E-state index in [1.54, 1.807) is 0 Å². The van der Waals surface area contributed by atoms with E-state index in [1.165, 1.54) is 51.4 Å². The molecule has 0 aromatic rings. The van der Waals surface area contributed by atoms with Crippen molar-refractivity contribution in [2.24, 2.45) is 0 Å². The van der Waals surface area contributed by atoms with Crippen molar-refractivity contribution in [3.8, 4) is 0 Å². The Morgan fingerprint density at radius 3 is 0.747 bits per heavy atom. The molecule has 83 heavy (non-hydrogen) atoms. The summed E-state index contributed by atoms with van der Waals surface area (Å²) in [4.78, 5) is 38.4. The Kier molecular flexibility index (Phi) is 64.9. The maximum atomic E-state index is 12.9. The van der Waals surface area contributed by atoms with E-state index in [4.69, 9.17) is 14.2 Å². The Balaban J connectivity index is 4.48. The first kappa shape index (κ1) is 77.8. The summed E-state index contributed by atoms with van der Waals surface area (Å²) in [5.74, 6) is -0.960. The second-order valence-electron chi connectivity index (χ2n) is 21.6. The van der Waals surface area contributed by atoms with Gasteiger partial charge in [-0.05, 0) is 154 Å². The predicted octanol–water partition coefficient (Wildman–Crippen LogP) is 23.4. The van der Waals surface area contributed by atoms with Crippen LogP contribution in [0.3, 0.4) is 0 Å². The smallest absolute Gasteiger partial charge is 0.306 e. The molecule has 0 spiro atoms. The Bertz CT molecular complexity index is 1890. The molecule has 6 heteroatoms. The first-order chi connectivity index (χ1) is 41.0. The lowest BCUT2D eigenvalue weighted by Crippen LogP contribution is -2.30. The molecule has 0 N–H and O–H groups in total. The average Bonchev–Trinajstić information content (AvgIpc) is 3.49. The van der Waals surface area contributed by atoms with Gasteiger partial charge in [0.05, 0.1) is 0 Å². The Hall–Kier alpha value is -5.23. The molecule has 0 aliphatic heterocycles. The van der Waals surface area contributed by atoms with E-state index in [1.807, 2.05) is 0 Å². The van der Waals surface area contributed by atoms with E-state index in [9.17, 15) is 14.4 Å². The zero-order valence-corrected chi connectivity index (χ0v) is 53.4. The third-order valence-electron chi connectivity index (χ3n) is 13.7. The minimum Gasteiger partial charge on any atom is -0.462 e. The summed E-state index contributed by atoms with van der Waals surface area (Å²) in [6.07, 6.45) is 102. The van der Waals surface area contributed by atoms with Gasteiger partial charge in [0, 0.05) is 19.3 Å². The van der Waals surface area contributed by atoms with E-state index < -0.39 is 6.10 Å². The fourth-order valence-corrected chi connectivity index (χ4v) is 8.71. The van der Waals surface area contributed by atoms with Crippen LogP contribution in [0.15, 0.2) is 170 Å². The van der Waals surface area contributed by atoms with Crippen molar-refractivity contribution in [2.45, 2.75) is 284 Å². The molecule has 466 valence electrons. The van der Waals surface area contributed by atoms with Crippen LogP contribution in [0, 0.1) is 0 Å². The predicted molar refractivity (Wildman–Crippen MR) is 361 cm³/mol. The van der Waals surface area contributed by atoms with Gasteiger partial charge < -0.3 is 14.2 Å². The zero-order valence-electron chi connectivity index (χ0n) is 53.4. The third-order valence-corrected chi connectivity index (χ3v) is 13.7. The summed E-state index contributed by atoms with van der Waals surface area (Å²) < 4.78 is 16.9. The summed E-state index contributed by atoms with van der Waals surface area (Å²) >= 11 is 0. The van der Waals surface area contributed by atoms with E-state index >= 15 is 0 Å². The van der Waals surface area contributed by atoms with Crippen LogP contribution in [0.2, 0.25) is 0 Å². The Morgan fingerprint density at radius 2 is 0.470 bits per heavy atom. The summed E-state index contributed by atoms with van der Waals surface area (Å²) in [7, 11) is 0. The Morgan fingerprint density at radius 1 is 0.253 bits per heavy atom. The van der Waals surface area contributed by atoms with Gasteiger partial charge in [0.25, 0.3) is 0 Å². The van der Waals surface area contributed by atoms with Gasteiger partial charge in [0.2, 0.25) is 0 Å². The summed E-state index contributed by atoms with van der Waals surface area (Å²) in [6, 6.07) is 0. The summed E-state index contributed by atoms with van der Waals surface area (Å²) in [6.45, 7) is 6.36. The van der Waals surface area contributed by atoms with Crippen LogP contribution in [0.4, 0.5) is 0 Å². The monoisotopic (exact) mass is 1140 g/mol. The highest BCUT2D eigenvalue weighted by Crippen LogP contribution is 2.14. The minimum absolute atomic E-state index is 0.106. The van der Waals surface area contributed by atoms with Crippen LogP contribution >= 0.6 is 0 Å². The van der Waals surface area contributed by atoms with E-state index in [-0.39, 0.29) is 31.1 Å². The summed E-state index contributed by atoms with van der Waals surface area (Å²) in [5.41, 5.74) is 0. The number of carbonyl (C=O) groups excluding carboxylic acids is 3. The molecule has 0 bridgehead atoms. The molecule has 0 amide bonds. The highest BCUT2D eigenvalue weighted by molar-refractivity contribution is 5.71. The molecule has 0 aromatic carbocycles.